The molecule has 23 heavy (non-hydrogen) atoms. The standard InChI is InChI=1S/C14H18N2O6S/c1-9-7-12(16(19)20)10(2)13(8-9)23(21,22)15-6-4-3-5-11(15)14(17)18/h7-8,11H,3-6H2,1-2H3,(H,17,18). The zero-order valence-corrected chi connectivity index (χ0v) is 13.7. The fraction of sp³-hybridized carbons (Fsp3) is 0.500. The molecule has 1 fully saturated rings. The minimum atomic E-state index is -4.12. The van der Waals surface area contributed by atoms with Gasteiger partial charge in [-0.1, -0.05) is 0 Å². The lowest BCUT2D eigenvalue weighted by Gasteiger charge is -2.32. The lowest BCUT2D eigenvalue weighted by Crippen LogP contribution is -2.48. The van der Waals surface area contributed by atoms with Gasteiger partial charge in [0.15, 0.2) is 0 Å². The van der Waals surface area contributed by atoms with Crippen LogP contribution in [0.15, 0.2) is 17.0 Å². The molecule has 0 aliphatic carbocycles. The van der Waals surface area contributed by atoms with Crippen molar-refractivity contribution in [2.24, 2.45) is 0 Å². The molecule has 1 aliphatic heterocycles. The van der Waals surface area contributed by atoms with Gasteiger partial charge in [0.25, 0.3) is 5.69 Å². The van der Waals surface area contributed by atoms with E-state index in [-0.39, 0.29) is 29.1 Å². The van der Waals surface area contributed by atoms with Crippen molar-refractivity contribution in [3.63, 3.8) is 0 Å². The maximum atomic E-state index is 12.9. The predicted molar refractivity (Wildman–Crippen MR) is 81.7 cm³/mol. The number of rotatable bonds is 4. The fourth-order valence-electron chi connectivity index (χ4n) is 2.83. The quantitative estimate of drug-likeness (QED) is 0.659. The van der Waals surface area contributed by atoms with Crippen LogP contribution in [0.25, 0.3) is 0 Å². The molecule has 0 bridgehead atoms. The summed E-state index contributed by atoms with van der Waals surface area (Å²) in [4.78, 5) is 21.6. The highest BCUT2D eigenvalue weighted by molar-refractivity contribution is 7.89. The number of carboxylic acids is 1. The number of nitro groups is 1. The van der Waals surface area contributed by atoms with Gasteiger partial charge in [0.2, 0.25) is 10.0 Å². The number of nitro benzene ring substituents is 1. The topological polar surface area (TPSA) is 118 Å². The summed E-state index contributed by atoms with van der Waals surface area (Å²) in [6.45, 7) is 3.03. The molecule has 126 valence electrons. The van der Waals surface area contributed by atoms with Gasteiger partial charge < -0.3 is 5.11 Å². The number of carbonyl (C=O) groups is 1. The molecule has 1 unspecified atom stereocenters. The zero-order chi connectivity index (χ0) is 17.4. The Kier molecular flexibility index (Phi) is 4.71. The van der Waals surface area contributed by atoms with Crippen molar-refractivity contribution >= 4 is 21.7 Å². The van der Waals surface area contributed by atoms with Crippen molar-refractivity contribution in [1.82, 2.24) is 4.31 Å². The molecule has 0 amide bonds. The van der Waals surface area contributed by atoms with E-state index < -0.39 is 27.0 Å². The highest BCUT2D eigenvalue weighted by Gasteiger charge is 2.39. The number of hydrogen-bond donors (Lipinski definition) is 1. The summed E-state index contributed by atoms with van der Waals surface area (Å²) in [6, 6.07) is 1.53. The molecule has 1 N–H and O–H groups in total. The molecule has 1 saturated heterocycles. The van der Waals surface area contributed by atoms with Crippen LogP contribution in [-0.4, -0.2) is 41.3 Å². The summed E-state index contributed by atoms with van der Waals surface area (Å²) in [5.41, 5.74) is 0.174. The summed E-state index contributed by atoms with van der Waals surface area (Å²) >= 11 is 0. The van der Waals surface area contributed by atoms with Gasteiger partial charge in [-0.05, 0) is 44.7 Å². The number of aliphatic carboxylic acids is 1. The smallest absolute Gasteiger partial charge is 0.322 e. The van der Waals surface area contributed by atoms with E-state index in [4.69, 9.17) is 0 Å². The van der Waals surface area contributed by atoms with Gasteiger partial charge in [0.05, 0.1) is 9.82 Å². The van der Waals surface area contributed by atoms with Crippen molar-refractivity contribution in [2.45, 2.75) is 44.0 Å². The number of sulfonamides is 1. The van der Waals surface area contributed by atoms with Gasteiger partial charge in [-0.25, -0.2) is 8.42 Å². The number of aryl methyl sites for hydroxylation is 1. The van der Waals surface area contributed by atoms with Gasteiger partial charge in [0, 0.05) is 18.2 Å². The summed E-state index contributed by atoms with van der Waals surface area (Å²) in [5, 5.41) is 20.4. The molecule has 0 aromatic heterocycles. The molecule has 1 atom stereocenters. The number of nitrogens with zero attached hydrogens (tertiary/aromatic N) is 2. The minimum absolute atomic E-state index is 0.0234. The van der Waals surface area contributed by atoms with E-state index in [0.29, 0.717) is 18.4 Å². The van der Waals surface area contributed by atoms with Crippen LogP contribution in [0.2, 0.25) is 0 Å². The maximum absolute atomic E-state index is 12.9. The van der Waals surface area contributed by atoms with E-state index in [2.05, 4.69) is 0 Å². The average Bonchev–Trinajstić information content (AvgIpc) is 2.48. The Labute approximate surface area is 133 Å². The molecule has 9 heteroatoms. The predicted octanol–water partition coefficient (Wildman–Crippen LogP) is 1.84. The summed E-state index contributed by atoms with van der Waals surface area (Å²) < 4.78 is 26.7. The average molecular weight is 342 g/mol. The van der Waals surface area contributed by atoms with Crippen molar-refractivity contribution in [1.29, 1.82) is 0 Å². The van der Waals surface area contributed by atoms with E-state index in [1.165, 1.54) is 19.1 Å². The lowest BCUT2D eigenvalue weighted by molar-refractivity contribution is -0.385. The van der Waals surface area contributed by atoms with E-state index in [1.807, 2.05) is 0 Å². The van der Waals surface area contributed by atoms with Crippen LogP contribution in [-0.2, 0) is 14.8 Å². The molecule has 1 aromatic rings. The first-order valence-corrected chi connectivity index (χ1v) is 8.60. The van der Waals surface area contributed by atoms with Gasteiger partial charge in [0.1, 0.15) is 6.04 Å². The number of carboxylic acid groups (broad SMARTS) is 1. The van der Waals surface area contributed by atoms with Crippen LogP contribution in [0.3, 0.4) is 0 Å². The molecule has 0 saturated carbocycles. The van der Waals surface area contributed by atoms with E-state index in [1.54, 1.807) is 6.92 Å². The lowest BCUT2D eigenvalue weighted by atomic mass is 10.1. The molecule has 1 aliphatic rings. The zero-order valence-electron chi connectivity index (χ0n) is 12.9. The van der Waals surface area contributed by atoms with E-state index in [0.717, 1.165) is 4.31 Å². The molecular formula is C14H18N2O6S. The first-order chi connectivity index (χ1) is 10.7. The molecule has 1 heterocycles. The van der Waals surface area contributed by atoms with Crippen molar-refractivity contribution in [3.05, 3.63) is 33.4 Å². The highest BCUT2D eigenvalue weighted by Crippen LogP contribution is 2.32. The molecular weight excluding hydrogens is 324 g/mol. The van der Waals surface area contributed by atoms with Crippen molar-refractivity contribution < 1.29 is 23.2 Å². The largest absolute Gasteiger partial charge is 0.480 e. The molecule has 1 aromatic carbocycles. The van der Waals surface area contributed by atoms with Crippen LogP contribution in [0.4, 0.5) is 5.69 Å². The van der Waals surface area contributed by atoms with Crippen molar-refractivity contribution in [2.75, 3.05) is 6.54 Å². The Morgan fingerprint density at radius 1 is 1.35 bits per heavy atom. The summed E-state index contributed by atoms with van der Waals surface area (Å²) in [6.07, 6.45) is 1.44. The second-order valence-corrected chi connectivity index (χ2v) is 7.49. The normalized spacial score (nSPS) is 19.5. The molecule has 0 radical (unpaired) electrons. The third-order valence-corrected chi connectivity index (χ3v) is 6.03. The summed E-state index contributed by atoms with van der Waals surface area (Å²) in [7, 11) is -4.12. The van der Waals surface area contributed by atoms with E-state index in [9.17, 15) is 28.4 Å². The highest BCUT2D eigenvalue weighted by atomic mass is 32.2. The minimum Gasteiger partial charge on any atom is -0.480 e. The Morgan fingerprint density at radius 3 is 2.57 bits per heavy atom. The monoisotopic (exact) mass is 342 g/mol. The Bertz CT molecular complexity index is 759. The van der Waals surface area contributed by atoms with Crippen LogP contribution in [0.5, 0.6) is 0 Å². The van der Waals surface area contributed by atoms with Crippen LogP contribution in [0, 0.1) is 24.0 Å². The summed E-state index contributed by atoms with van der Waals surface area (Å²) in [5.74, 6) is -1.20. The molecule has 0 spiro atoms. The van der Waals surface area contributed by atoms with Crippen LogP contribution >= 0.6 is 0 Å². The van der Waals surface area contributed by atoms with Gasteiger partial charge in [-0.3, -0.25) is 14.9 Å². The number of benzene rings is 1. The Balaban J connectivity index is 2.59. The van der Waals surface area contributed by atoms with Gasteiger partial charge >= 0.3 is 5.97 Å². The van der Waals surface area contributed by atoms with Gasteiger partial charge in [-0.2, -0.15) is 4.31 Å². The molecule has 8 nitrogen and oxygen atoms in total. The Hall–Kier alpha value is -2.00. The second kappa shape index (κ2) is 6.25. The van der Waals surface area contributed by atoms with Gasteiger partial charge in [-0.15, -0.1) is 0 Å². The second-order valence-electron chi connectivity index (χ2n) is 5.63. The molecule has 2 rings (SSSR count). The Morgan fingerprint density at radius 2 is 2.00 bits per heavy atom. The number of piperidine rings is 1. The SMILES string of the molecule is Cc1cc([N+](=O)[O-])c(C)c(S(=O)(=O)N2CCCCC2C(=O)O)c1. The third-order valence-electron chi connectivity index (χ3n) is 4.00. The van der Waals surface area contributed by atoms with Crippen LogP contribution < -0.4 is 0 Å². The third kappa shape index (κ3) is 3.20. The van der Waals surface area contributed by atoms with E-state index >= 15 is 0 Å². The first-order valence-electron chi connectivity index (χ1n) is 7.16. The fourth-order valence-corrected chi connectivity index (χ4v) is 4.81. The maximum Gasteiger partial charge on any atom is 0.322 e. The first kappa shape index (κ1) is 17.4. The number of hydrogen-bond acceptors (Lipinski definition) is 5. The van der Waals surface area contributed by atoms with Crippen molar-refractivity contribution in [3.8, 4) is 0 Å². The van der Waals surface area contributed by atoms with Crippen LogP contribution in [0.1, 0.15) is 30.4 Å².